The Morgan fingerprint density at radius 3 is 2.17 bits per heavy atom. The molecule has 0 saturated carbocycles. The normalized spacial score (nSPS) is 18.8. The van der Waals surface area contributed by atoms with E-state index in [4.69, 9.17) is 5.11 Å². The highest BCUT2D eigenvalue weighted by Crippen LogP contribution is 2.29. The van der Waals surface area contributed by atoms with Crippen LogP contribution in [0.15, 0.2) is 0 Å². The minimum atomic E-state index is -1.60. The van der Waals surface area contributed by atoms with Crippen LogP contribution in [-0.2, 0) is 4.79 Å². The minimum absolute atomic E-state index is 0.182. The van der Waals surface area contributed by atoms with Crippen LogP contribution in [0.3, 0.4) is 0 Å². The van der Waals surface area contributed by atoms with Gasteiger partial charge in [0.25, 0.3) is 0 Å². The van der Waals surface area contributed by atoms with Crippen LogP contribution in [-0.4, -0.2) is 16.7 Å². The number of rotatable bonds is 4. The Labute approximate surface area is 72.8 Å². The highest BCUT2D eigenvalue weighted by Gasteiger charge is 2.36. The Morgan fingerprint density at radius 2 is 1.92 bits per heavy atom. The Balaban J connectivity index is 4.28. The number of carboxylic acid groups (broad SMARTS) is 1. The average molecular weight is 176 g/mol. The molecule has 0 fully saturated rings. The van der Waals surface area contributed by atoms with Gasteiger partial charge < -0.3 is 5.11 Å². The summed E-state index contributed by atoms with van der Waals surface area (Å²) in [6.45, 7) is 6.52. The first-order valence-electron chi connectivity index (χ1n) is 4.19. The van der Waals surface area contributed by atoms with E-state index in [-0.39, 0.29) is 5.92 Å². The van der Waals surface area contributed by atoms with Crippen molar-refractivity contribution in [1.29, 1.82) is 0 Å². The number of hydrogen-bond donors (Lipinski definition) is 1. The van der Waals surface area contributed by atoms with E-state index in [1.54, 1.807) is 0 Å². The molecule has 1 N–H and O–H groups in total. The van der Waals surface area contributed by atoms with Crippen LogP contribution in [0, 0.1) is 11.8 Å². The van der Waals surface area contributed by atoms with Gasteiger partial charge >= 0.3 is 5.97 Å². The molecule has 2 unspecified atom stereocenters. The van der Waals surface area contributed by atoms with Crippen molar-refractivity contribution in [3.05, 3.63) is 0 Å². The van der Waals surface area contributed by atoms with Crippen molar-refractivity contribution in [3.63, 3.8) is 0 Å². The fraction of sp³-hybridized carbons (Fsp3) is 0.889. The summed E-state index contributed by atoms with van der Waals surface area (Å²) in [5.41, 5.74) is -1.60. The quantitative estimate of drug-likeness (QED) is 0.714. The SMILES string of the molecule is CC(C)CC(C)(F)C(C)C(=O)O. The summed E-state index contributed by atoms with van der Waals surface area (Å²) in [6, 6.07) is 0. The Bertz CT molecular complexity index is 164. The molecule has 0 heterocycles. The number of carboxylic acids is 1. The van der Waals surface area contributed by atoms with Crippen molar-refractivity contribution in [2.45, 2.75) is 39.8 Å². The summed E-state index contributed by atoms with van der Waals surface area (Å²) >= 11 is 0. The molecule has 0 aromatic carbocycles. The molecular weight excluding hydrogens is 159 g/mol. The third kappa shape index (κ3) is 3.20. The molecule has 0 aromatic heterocycles. The van der Waals surface area contributed by atoms with E-state index in [1.165, 1.54) is 13.8 Å². The van der Waals surface area contributed by atoms with Crippen LogP contribution >= 0.6 is 0 Å². The molecular formula is C9H17FO2. The van der Waals surface area contributed by atoms with Gasteiger partial charge in [0.05, 0.1) is 5.92 Å². The van der Waals surface area contributed by atoms with Crippen LogP contribution in [0.5, 0.6) is 0 Å². The predicted molar refractivity (Wildman–Crippen MR) is 45.8 cm³/mol. The molecule has 0 saturated heterocycles. The molecule has 0 amide bonds. The Kier molecular flexibility index (Phi) is 3.68. The zero-order valence-electron chi connectivity index (χ0n) is 8.10. The van der Waals surface area contributed by atoms with Crippen LogP contribution < -0.4 is 0 Å². The van der Waals surface area contributed by atoms with Gasteiger partial charge in [-0.1, -0.05) is 13.8 Å². The first-order valence-corrected chi connectivity index (χ1v) is 4.19. The lowest BCUT2D eigenvalue weighted by atomic mass is 9.85. The van der Waals surface area contributed by atoms with Gasteiger partial charge in [-0.25, -0.2) is 4.39 Å². The van der Waals surface area contributed by atoms with Gasteiger partial charge in [-0.2, -0.15) is 0 Å². The first kappa shape index (κ1) is 11.4. The highest BCUT2D eigenvalue weighted by atomic mass is 19.1. The topological polar surface area (TPSA) is 37.3 Å². The summed E-state index contributed by atoms with van der Waals surface area (Å²) < 4.78 is 13.6. The summed E-state index contributed by atoms with van der Waals surface area (Å²) in [7, 11) is 0. The lowest BCUT2D eigenvalue weighted by molar-refractivity contribution is -0.146. The van der Waals surface area contributed by atoms with Crippen molar-refractivity contribution in [1.82, 2.24) is 0 Å². The molecule has 2 atom stereocenters. The Hall–Kier alpha value is -0.600. The number of carbonyl (C=O) groups is 1. The van der Waals surface area contributed by atoms with Gasteiger partial charge in [-0.3, -0.25) is 4.79 Å². The smallest absolute Gasteiger partial charge is 0.309 e. The molecule has 0 rings (SSSR count). The van der Waals surface area contributed by atoms with Crippen molar-refractivity contribution >= 4 is 5.97 Å². The van der Waals surface area contributed by atoms with Gasteiger partial charge in [-0.05, 0) is 26.2 Å². The second-order valence-corrected chi connectivity index (χ2v) is 3.94. The van der Waals surface area contributed by atoms with E-state index >= 15 is 0 Å². The van der Waals surface area contributed by atoms with Gasteiger partial charge in [0.1, 0.15) is 5.67 Å². The number of aliphatic carboxylic acids is 1. The van der Waals surface area contributed by atoms with Gasteiger partial charge in [0.2, 0.25) is 0 Å². The zero-order valence-corrected chi connectivity index (χ0v) is 8.10. The molecule has 0 radical (unpaired) electrons. The molecule has 3 heteroatoms. The summed E-state index contributed by atoms with van der Waals surface area (Å²) in [6.07, 6.45) is 0.292. The molecule has 0 spiro atoms. The minimum Gasteiger partial charge on any atom is -0.481 e. The van der Waals surface area contributed by atoms with E-state index in [1.807, 2.05) is 13.8 Å². The average Bonchev–Trinajstić information content (AvgIpc) is 1.82. The monoisotopic (exact) mass is 176 g/mol. The van der Waals surface area contributed by atoms with Crippen molar-refractivity contribution in [3.8, 4) is 0 Å². The van der Waals surface area contributed by atoms with Crippen molar-refractivity contribution in [2.24, 2.45) is 11.8 Å². The second kappa shape index (κ2) is 3.87. The van der Waals surface area contributed by atoms with Gasteiger partial charge in [0, 0.05) is 0 Å². The van der Waals surface area contributed by atoms with E-state index in [0.717, 1.165) is 0 Å². The standard InChI is InChI=1S/C9H17FO2/c1-6(2)5-9(4,10)7(3)8(11)12/h6-7H,5H2,1-4H3,(H,11,12). The van der Waals surface area contributed by atoms with Gasteiger partial charge in [0.15, 0.2) is 0 Å². The maximum absolute atomic E-state index is 13.6. The highest BCUT2D eigenvalue weighted by molar-refractivity contribution is 5.70. The van der Waals surface area contributed by atoms with Crippen LogP contribution in [0.25, 0.3) is 0 Å². The summed E-state index contributed by atoms with van der Waals surface area (Å²) in [5.74, 6) is -1.82. The largest absolute Gasteiger partial charge is 0.481 e. The molecule has 2 nitrogen and oxygen atoms in total. The lowest BCUT2D eigenvalue weighted by Crippen LogP contribution is -2.34. The predicted octanol–water partition coefficient (Wildman–Crippen LogP) is 2.48. The molecule has 0 aliphatic heterocycles. The fourth-order valence-corrected chi connectivity index (χ4v) is 1.23. The molecule has 0 aliphatic carbocycles. The number of alkyl halides is 1. The maximum Gasteiger partial charge on any atom is 0.309 e. The van der Waals surface area contributed by atoms with E-state index in [2.05, 4.69) is 0 Å². The van der Waals surface area contributed by atoms with E-state index in [9.17, 15) is 9.18 Å². The van der Waals surface area contributed by atoms with E-state index < -0.39 is 17.6 Å². The maximum atomic E-state index is 13.6. The third-order valence-electron chi connectivity index (χ3n) is 2.08. The first-order chi connectivity index (χ1) is 5.27. The summed E-state index contributed by atoms with van der Waals surface area (Å²) in [5, 5.41) is 8.59. The number of halogens is 1. The third-order valence-corrected chi connectivity index (χ3v) is 2.08. The fourth-order valence-electron chi connectivity index (χ4n) is 1.23. The van der Waals surface area contributed by atoms with Gasteiger partial charge in [-0.15, -0.1) is 0 Å². The van der Waals surface area contributed by atoms with Crippen molar-refractivity contribution < 1.29 is 14.3 Å². The number of hydrogen-bond acceptors (Lipinski definition) is 1. The molecule has 0 bridgehead atoms. The van der Waals surface area contributed by atoms with Crippen LogP contribution in [0.2, 0.25) is 0 Å². The van der Waals surface area contributed by atoms with Crippen LogP contribution in [0.4, 0.5) is 4.39 Å². The molecule has 0 aliphatic rings. The van der Waals surface area contributed by atoms with E-state index in [0.29, 0.717) is 6.42 Å². The van der Waals surface area contributed by atoms with Crippen LogP contribution in [0.1, 0.15) is 34.1 Å². The molecule has 0 aromatic rings. The second-order valence-electron chi connectivity index (χ2n) is 3.94. The lowest BCUT2D eigenvalue weighted by Gasteiger charge is -2.26. The Morgan fingerprint density at radius 1 is 1.50 bits per heavy atom. The molecule has 72 valence electrons. The summed E-state index contributed by atoms with van der Waals surface area (Å²) in [4.78, 5) is 10.5. The molecule has 12 heavy (non-hydrogen) atoms. The van der Waals surface area contributed by atoms with Crippen molar-refractivity contribution in [2.75, 3.05) is 0 Å². The zero-order chi connectivity index (χ0) is 9.94.